The molecule has 1 saturated heterocycles. The lowest BCUT2D eigenvalue weighted by Crippen LogP contribution is -2.46. The quantitative estimate of drug-likeness (QED) is 0.258. The molecule has 0 spiro atoms. The summed E-state index contributed by atoms with van der Waals surface area (Å²) in [4.78, 5) is 39.2. The van der Waals surface area contributed by atoms with Crippen molar-refractivity contribution in [3.05, 3.63) is 53.1 Å². The molecule has 3 rings (SSSR count). The lowest BCUT2D eigenvalue weighted by Gasteiger charge is -2.27. The SMILES string of the molecule is CC1=CCC(c2ccc(F)nc2C)C=C1.CCOC1(OC)C[C@@H](C(=O)OC)N(C(=O)CNC=O)C1. The number of rotatable bonds is 8. The number of aryl methyl sites for hydroxylation is 1. The van der Waals surface area contributed by atoms with Crippen LogP contribution in [0.5, 0.6) is 0 Å². The van der Waals surface area contributed by atoms with E-state index in [-0.39, 0.29) is 19.5 Å². The molecule has 9 nitrogen and oxygen atoms in total. The maximum Gasteiger partial charge on any atom is 0.328 e. The second kappa shape index (κ2) is 13.1. The number of likely N-dealkylation sites (tertiary alicyclic amines) is 1. The number of hydrogen-bond acceptors (Lipinski definition) is 7. The van der Waals surface area contributed by atoms with Crippen LogP contribution in [0.4, 0.5) is 4.39 Å². The molecule has 35 heavy (non-hydrogen) atoms. The number of nitrogens with zero attached hydrogens (tertiary/aromatic N) is 2. The predicted molar refractivity (Wildman–Crippen MR) is 127 cm³/mol. The van der Waals surface area contributed by atoms with E-state index in [4.69, 9.17) is 14.2 Å². The molecule has 2 aliphatic rings. The Morgan fingerprint density at radius 3 is 2.60 bits per heavy atom. The van der Waals surface area contributed by atoms with Crippen molar-refractivity contribution >= 4 is 18.3 Å². The van der Waals surface area contributed by atoms with Crippen molar-refractivity contribution < 1.29 is 33.0 Å². The molecule has 0 bridgehead atoms. The summed E-state index contributed by atoms with van der Waals surface area (Å²) in [7, 11) is 2.71. The first-order valence-electron chi connectivity index (χ1n) is 11.4. The first kappa shape index (κ1) is 28.1. The molecular formula is C25H34FN3O6. The summed E-state index contributed by atoms with van der Waals surface area (Å²) < 4.78 is 28.4. The third kappa shape index (κ3) is 7.43. The number of hydrogen-bond donors (Lipinski definition) is 1. The summed E-state index contributed by atoms with van der Waals surface area (Å²) in [6.45, 7) is 6.04. The van der Waals surface area contributed by atoms with E-state index in [0.717, 1.165) is 17.7 Å². The average molecular weight is 492 g/mol. The van der Waals surface area contributed by atoms with Crippen LogP contribution in [0.15, 0.2) is 35.9 Å². The number of allylic oxidation sites excluding steroid dienone is 4. The summed E-state index contributed by atoms with van der Waals surface area (Å²) in [5.41, 5.74) is 3.20. The van der Waals surface area contributed by atoms with Crippen LogP contribution < -0.4 is 5.32 Å². The number of esters is 1. The van der Waals surface area contributed by atoms with Crippen molar-refractivity contribution in [1.82, 2.24) is 15.2 Å². The zero-order chi connectivity index (χ0) is 26.0. The molecule has 1 aromatic heterocycles. The van der Waals surface area contributed by atoms with Gasteiger partial charge in [-0.25, -0.2) is 9.78 Å². The molecule has 0 radical (unpaired) electrons. The molecule has 1 N–H and O–H groups in total. The van der Waals surface area contributed by atoms with Gasteiger partial charge in [0.15, 0.2) is 5.79 Å². The number of methoxy groups -OCH3 is 2. The molecule has 1 aliphatic heterocycles. The van der Waals surface area contributed by atoms with Gasteiger partial charge in [0.05, 0.1) is 20.2 Å². The Balaban J connectivity index is 0.000000256. The van der Waals surface area contributed by atoms with Gasteiger partial charge in [-0.3, -0.25) is 9.59 Å². The third-order valence-electron chi connectivity index (χ3n) is 5.98. The van der Waals surface area contributed by atoms with Crippen LogP contribution in [0.2, 0.25) is 0 Å². The van der Waals surface area contributed by atoms with Gasteiger partial charge in [-0.2, -0.15) is 4.39 Å². The second-order valence-corrected chi connectivity index (χ2v) is 8.27. The molecule has 2 heterocycles. The highest BCUT2D eigenvalue weighted by Gasteiger charge is 2.50. The Kier molecular flexibility index (Phi) is 10.5. The molecule has 192 valence electrons. The second-order valence-electron chi connectivity index (χ2n) is 8.27. The summed E-state index contributed by atoms with van der Waals surface area (Å²) >= 11 is 0. The van der Waals surface area contributed by atoms with Crippen LogP contribution in [0.25, 0.3) is 0 Å². The van der Waals surface area contributed by atoms with Crippen LogP contribution in [-0.2, 0) is 28.6 Å². The maximum absolute atomic E-state index is 12.8. The Hall–Kier alpha value is -3.11. The molecule has 1 fully saturated rings. The highest BCUT2D eigenvalue weighted by atomic mass is 19.1. The number of aromatic nitrogens is 1. The van der Waals surface area contributed by atoms with E-state index < -0.39 is 29.7 Å². The molecule has 1 aromatic rings. The molecule has 0 aromatic carbocycles. The first-order chi connectivity index (χ1) is 16.7. The van der Waals surface area contributed by atoms with E-state index >= 15 is 0 Å². The Labute approximate surface area is 205 Å². The van der Waals surface area contributed by atoms with E-state index in [0.29, 0.717) is 18.9 Å². The first-order valence-corrected chi connectivity index (χ1v) is 11.4. The number of pyridine rings is 1. The largest absolute Gasteiger partial charge is 0.467 e. The van der Waals surface area contributed by atoms with Crippen LogP contribution in [0.3, 0.4) is 0 Å². The number of halogens is 1. The van der Waals surface area contributed by atoms with Gasteiger partial charge in [0.25, 0.3) is 0 Å². The van der Waals surface area contributed by atoms with E-state index in [2.05, 4.69) is 35.5 Å². The van der Waals surface area contributed by atoms with E-state index in [1.165, 1.54) is 30.8 Å². The van der Waals surface area contributed by atoms with Gasteiger partial charge >= 0.3 is 5.97 Å². The smallest absolute Gasteiger partial charge is 0.328 e. The number of carbonyl (C=O) groups excluding carboxylic acids is 3. The fourth-order valence-electron chi connectivity index (χ4n) is 4.14. The fraction of sp³-hybridized carbons (Fsp3) is 0.520. The lowest BCUT2D eigenvalue weighted by molar-refractivity contribution is -0.210. The third-order valence-corrected chi connectivity index (χ3v) is 5.98. The topological polar surface area (TPSA) is 107 Å². The zero-order valence-corrected chi connectivity index (χ0v) is 20.9. The molecule has 1 aliphatic carbocycles. The van der Waals surface area contributed by atoms with Crippen molar-refractivity contribution in [2.45, 2.75) is 51.4 Å². The van der Waals surface area contributed by atoms with Gasteiger partial charge in [-0.15, -0.1) is 0 Å². The summed E-state index contributed by atoms with van der Waals surface area (Å²) in [5, 5.41) is 2.27. The van der Waals surface area contributed by atoms with E-state index in [9.17, 15) is 18.8 Å². The zero-order valence-electron chi connectivity index (χ0n) is 20.9. The Morgan fingerprint density at radius 2 is 2.06 bits per heavy atom. The lowest BCUT2D eigenvalue weighted by atomic mass is 9.90. The normalized spacial score (nSPS) is 23.1. The summed E-state index contributed by atoms with van der Waals surface area (Å²) in [6.07, 6.45) is 8.07. The van der Waals surface area contributed by atoms with Gasteiger partial charge in [-0.1, -0.05) is 29.9 Å². The van der Waals surface area contributed by atoms with Crippen molar-refractivity contribution in [3.8, 4) is 0 Å². The Bertz CT molecular complexity index is 967. The van der Waals surface area contributed by atoms with Crippen LogP contribution in [0, 0.1) is 12.9 Å². The minimum absolute atomic E-state index is 0.108. The average Bonchev–Trinajstić information content (AvgIpc) is 3.24. The summed E-state index contributed by atoms with van der Waals surface area (Å²) in [6, 6.07) is 2.48. The number of carbonyl (C=O) groups is 3. The van der Waals surface area contributed by atoms with Crippen molar-refractivity contribution in [2.24, 2.45) is 0 Å². The van der Waals surface area contributed by atoms with Crippen LogP contribution in [0.1, 0.15) is 43.9 Å². The Morgan fingerprint density at radius 1 is 1.31 bits per heavy atom. The van der Waals surface area contributed by atoms with Gasteiger partial charge in [0.2, 0.25) is 18.3 Å². The predicted octanol–water partition coefficient (Wildman–Crippen LogP) is 2.40. The number of nitrogens with one attached hydrogen (secondary N) is 1. The van der Waals surface area contributed by atoms with Gasteiger partial charge < -0.3 is 24.4 Å². The van der Waals surface area contributed by atoms with Crippen LogP contribution >= 0.6 is 0 Å². The molecular weight excluding hydrogens is 457 g/mol. The van der Waals surface area contributed by atoms with E-state index in [1.807, 2.05) is 13.0 Å². The van der Waals surface area contributed by atoms with Crippen molar-refractivity contribution in [1.29, 1.82) is 0 Å². The molecule has 2 amide bonds. The van der Waals surface area contributed by atoms with Gasteiger partial charge in [-0.05, 0) is 38.8 Å². The minimum Gasteiger partial charge on any atom is -0.467 e. The van der Waals surface area contributed by atoms with E-state index in [1.54, 1.807) is 6.92 Å². The summed E-state index contributed by atoms with van der Waals surface area (Å²) in [5.74, 6) is -2.01. The van der Waals surface area contributed by atoms with Crippen molar-refractivity contribution in [3.63, 3.8) is 0 Å². The van der Waals surface area contributed by atoms with Crippen LogP contribution in [-0.4, -0.2) is 73.9 Å². The molecule has 3 atom stereocenters. The van der Waals surface area contributed by atoms with Gasteiger partial charge in [0, 0.05) is 31.7 Å². The van der Waals surface area contributed by atoms with Gasteiger partial charge in [0.1, 0.15) is 6.04 Å². The molecule has 0 saturated carbocycles. The molecule has 10 heteroatoms. The standard InChI is InChI=1S/C13H14FN.C12H20N2O6/c1-9-3-5-11(6-4-9)12-7-8-13(14)15-10(12)2;1-4-20-12(19-3)5-9(11(17)18-2)14(7-12)10(16)6-13-8-15/h3-5,7-8,11H,6H2,1-2H3;8-9H,4-7H2,1-3H3,(H,13,15)/t;9-,12?/m.0/s1. The highest BCUT2D eigenvalue weighted by molar-refractivity contribution is 5.87. The highest BCUT2D eigenvalue weighted by Crippen LogP contribution is 2.32. The van der Waals surface area contributed by atoms with Crippen molar-refractivity contribution in [2.75, 3.05) is 33.9 Å². The number of ether oxygens (including phenoxy) is 3. The maximum atomic E-state index is 12.8. The molecule has 2 unspecified atom stereocenters. The fourth-order valence-corrected chi connectivity index (χ4v) is 4.14. The monoisotopic (exact) mass is 491 g/mol. The number of amides is 2. The minimum atomic E-state index is -1.02.